The number of benzene rings is 1. The number of anilines is 1. The van der Waals surface area contributed by atoms with Crippen LogP contribution in [0.1, 0.15) is 6.92 Å². The second-order valence-corrected chi connectivity index (χ2v) is 10.9. The molecule has 164 valence electrons. The fourth-order valence-corrected chi connectivity index (χ4v) is 4.73. The molecule has 0 unspecified atom stereocenters. The van der Waals surface area contributed by atoms with E-state index in [1.54, 1.807) is 24.0 Å². The van der Waals surface area contributed by atoms with Crippen molar-refractivity contribution in [1.29, 1.82) is 0 Å². The van der Waals surface area contributed by atoms with Gasteiger partial charge < -0.3 is 15.0 Å². The van der Waals surface area contributed by atoms with E-state index in [4.69, 9.17) is 4.74 Å². The number of nitrogens with one attached hydrogen (secondary N) is 1. The van der Waals surface area contributed by atoms with Crippen LogP contribution in [-0.2, 0) is 24.8 Å². The largest absolute Gasteiger partial charge is 0.492 e. The molecule has 0 atom stereocenters. The Hall–Kier alpha value is -1.89. The van der Waals surface area contributed by atoms with Crippen LogP contribution in [0.25, 0.3) is 0 Å². The molecular formula is C17H28N4O6S2. The molecule has 1 saturated heterocycles. The summed E-state index contributed by atoms with van der Waals surface area (Å²) in [5.41, 5.74) is 0.469. The first kappa shape index (κ1) is 23.4. The van der Waals surface area contributed by atoms with E-state index in [0.717, 1.165) is 10.6 Å². The lowest BCUT2D eigenvalue weighted by molar-refractivity contribution is -0.130. The highest BCUT2D eigenvalue weighted by molar-refractivity contribution is 7.89. The van der Waals surface area contributed by atoms with E-state index in [-0.39, 0.29) is 36.2 Å². The van der Waals surface area contributed by atoms with E-state index >= 15 is 0 Å². The molecule has 12 heteroatoms. The van der Waals surface area contributed by atoms with Gasteiger partial charge in [0.1, 0.15) is 10.6 Å². The molecule has 1 aromatic rings. The molecule has 10 nitrogen and oxygen atoms in total. The van der Waals surface area contributed by atoms with Crippen molar-refractivity contribution in [3.63, 3.8) is 0 Å². The molecule has 2 rings (SSSR count). The van der Waals surface area contributed by atoms with Gasteiger partial charge in [-0.3, -0.25) is 4.79 Å². The monoisotopic (exact) mass is 448 g/mol. The molecule has 1 aliphatic heterocycles. The summed E-state index contributed by atoms with van der Waals surface area (Å²) in [5, 5.41) is 2.94. The molecule has 0 aromatic heterocycles. The standard InChI is InChI=1S/C17H28N4O6S2/c1-5-27-15-7-6-14(12-16(15)29(25,26)19(2)3)18-13-17(22)20-8-10-21(11-9-20)28(4,23)24/h6-7,12,18H,5,8-11,13H2,1-4H3. The Labute approximate surface area is 172 Å². The van der Waals surface area contributed by atoms with E-state index in [0.29, 0.717) is 25.4 Å². The number of piperazine rings is 1. The molecule has 0 spiro atoms. The Morgan fingerprint density at radius 3 is 2.28 bits per heavy atom. The van der Waals surface area contributed by atoms with E-state index in [9.17, 15) is 21.6 Å². The molecule has 1 aromatic carbocycles. The zero-order valence-electron chi connectivity index (χ0n) is 17.1. The van der Waals surface area contributed by atoms with E-state index < -0.39 is 20.0 Å². The van der Waals surface area contributed by atoms with Crippen LogP contribution in [0, 0.1) is 0 Å². The third kappa shape index (κ3) is 5.81. The van der Waals surface area contributed by atoms with Crippen molar-refractivity contribution in [2.45, 2.75) is 11.8 Å². The van der Waals surface area contributed by atoms with Gasteiger partial charge in [-0.25, -0.2) is 21.1 Å². The number of hydrogen-bond donors (Lipinski definition) is 1. The quantitative estimate of drug-likeness (QED) is 0.588. The summed E-state index contributed by atoms with van der Waals surface area (Å²) in [5.74, 6) is 0.0547. The van der Waals surface area contributed by atoms with Gasteiger partial charge in [0.25, 0.3) is 0 Å². The normalized spacial score (nSPS) is 16.1. The van der Waals surface area contributed by atoms with Crippen LogP contribution in [0.4, 0.5) is 5.69 Å². The van der Waals surface area contributed by atoms with Crippen LogP contribution < -0.4 is 10.1 Å². The summed E-state index contributed by atoms with van der Waals surface area (Å²) >= 11 is 0. The minimum Gasteiger partial charge on any atom is -0.492 e. The summed E-state index contributed by atoms with van der Waals surface area (Å²) in [7, 11) is -4.11. The maximum atomic E-state index is 12.6. The summed E-state index contributed by atoms with van der Waals surface area (Å²) in [6.07, 6.45) is 1.15. The Morgan fingerprint density at radius 2 is 1.76 bits per heavy atom. The van der Waals surface area contributed by atoms with Crippen molar-refractivity contribution in [3.8, 4) is 5.75 Å². The lowest BCUT2D eigenvalue weighted by Crippen LogP contribution is -2.51. The molecular weight excluding hydrogens is 420 g/mol. The van der Waals surface area contributed by atoms with Crippen LogP contribution in [-0.4, -0.2) is 95.9 Å². The minimum absolute atomic E-state index is 0.0172. The first-order valence-electron chi connectivity index (χ1n) is 9.13. The Balaban J connectivity index is 2.06. The minimum atomic E-state index is -3.72. The summed E-state index contributed by atoms with van der Waals surface area (Å²) in [6, 6.07) is 4.64. The average molecular weight is 449 g/mol. The lowest BCUT2D eigenvalue weighted by atomic mass is 10.3. The van der Waals surface area contributed by atoms with Gasteiger partial charge in [0, 0.05) is 46.0 Å². The van der Waals surface area contributed by atoms with Gasteiger partial charge in [-0.2, -0.15) is 4.31 Å². The van der Waals surface area contributed by atoms with E-state index in [2.05, 4.69) is 5.32 Å². The smallest absolute Gasteiger partial charge is 0.246 e. The lowest BCUT2D eigenvalue weighted by Gasteiger charge is -2.33. The SMILES string of the molecule is CCOc1ccc(NCC(=O)N2CCN(S(C)(=O)=O)CC2)cc1S(=O)(=O)N(C)C. The zero-order chi connectivity index (χ0) is 21.8. The highest BCUT2D eigenvalue weighted by Crippen LogP contribution is 2.29. The van der Waals surface area contributed by atoms with Crippen molar-refractivity contribution < 1.29 is 26.4 Å². The van der Waals surface area contributed by atoms with Gasteiger partial charge >= 0.3 is 0 Å². The Bertz CT molecular complexity index is 939. The first-order chi connectivity index (χ1) is 13.5. The second kappa shape index (κ2) is 9.28. The second-order valence-electron chi connectivity index (χ2n) is 6.78. The fourth-order valence-electron chi connectivity index (χ4n) is 2.85. The van der Waals surface area contributed by atoms with E-state index in [1.807, 2.05) is 0 Å². The van der Waals surface area contributed by atoms with Crippen molar-refractivity contribution in [1.82, 2.24) is 13.5 Å². The maximum absolute atomic E-state index is 12.6. The highest BCUT2D eigenvalue weighted by Gasteiger charge is 2.26. The predicted molar refractivity (Wildman–Crippen MR) is 110 cm³/mol. The topological polar surface area (TPSA) is 116 Å². The molecule has 0 bridgehead atoms. The van der Waals surface area contributed by atoms with Crippen molar-refractivity contribution in [3.05, 3.63) is 18.2 Å². The van der Waals surface area contributed by atoms with Crippen LogP contribution in [0.5, 0.6) is 5.75 Å². The molecule has 29 heavy (non-hydrogen) atoms. The van der Waals surface area contributed by atoms with Gasteiger partial charge in [0.05, 0.1) is 19.4 Å². The summed E-state index contributed by atoms with van der Waals surface area (Å²) in [4.78, 5) is 14.0. The fraction of sp³-hybridized carbons (Fsp3) is 0.588. The van der Waals surface area contributed by atoms with Gasteiger partial charge in [0.2, 0.25) is 26.0 Å². The van der Waals surface area contributed by atoms with Crippen LogP contribution in [0.15, 0.2) is 23.1 Å². The number of nitrogens with zero attached hydrogens (tertiary/aromatic N) is 3. The maximum Gasteiger partial charge on any atom is 0.246 e. The number of carbonyl (C=O) groups is 1. The van der Waals surface area contributed by atoms with Crippen LogP contribution in [0.3, 0.4) is 0 Å². The third-order valence-corrected chi connectivity index (χ3v) is 7.65. The number of ether oxygens (including phenoxy) is 1. The number of sulfonamides is 2. The Morgan fingerprint density at radius 1 is 1.14 bits per heavy atom. The number of carbonyl (C=O) groups excluding carboxylic acids is 1. The highest BCUT2D eigenvalue weighted by atomic mass is 32.2. The Kier molecular flexibility index (Phi) is 7.49. The van der Waals surface area contributed by atoms with Crippen LogP contribution >= 0.6 is 0 Å². The molecule has 1 heterocycles. The summed E-state index contributed by atoms with van der Waals surface area (Å²) in [6.45, 7) is 3.21. The zero-order valence-corrected chi connectivity index (χ0v) is 18.7. The number of hydrogen-bond acceptors (Lipinski definition) is 7. The molecule has 1 fully saturated rings. The molecule has 1 N–H and O–H groups in total. The van der Waals surface area contributed by atoms with Crippen molar-refractivity contribution >= 4 is 31.6 Å². The molecule has 1 amide bonds. The number of rotatable bonds is 8. The average Bonchev–Trinajstić information content (AvgIpc) is 2.66. The van der Waals surface area contributed by atoms with Gasteiger partial charge in [-0.05, 0) is 25.1 Å². The van der Waals surface area contributed by atoms with Gasteiger partial charge in [0.15, 0.2) is 0 Å². The van der Waals surface area contributed by atoms with Crippen LogP contribution in [0.2, 0.25) is 0 Å². The van der Waals surface area contributed by atoms with Crippen molar-refractivity contribution in [2.75, 3.05) is 65.0 Å². The van der Waals surface area contributed by atoms with Gasteiger partial charge in [-0.1, -0.05) is 0 Å². The first-order valence-corrected chi connectivity index (χ1v) is 12.4. The molecule has 0 radical (unpaired) electrons. The number of amides is 1. The predicted octanol–water partition coefficient (Wildman–Crippen LogP) is -0.149. The third-order valence-electron chi connectivity index (χ3n) is 4.51. The molecule has 0 aliphatic carbocycles. The molecule has 1 aliphatic rings. The van der Waals surface area contributed by atoms with E-state index in [1.165, 1.54) is 24.5 Å². The van der Waals surface area contributed by atoms with Gasteiger partial charge in [-0.15, -0.1) is 0 Å². The van der Waals surface area contributed by atoms with Crippen molar-refractivity contribution in [2.24, 2.45) is 0 Å². The summed E-state index contributed by atoms with van der Waals surface area (Å²) < 4.78 is 56.1. The molecule has 0 saturated carbocycles.